The van der Waals surface area contributed by atoms with Crippen molar-refractivity contribution < 1.29 is 18.1 Å². The third-order valence-electron chi connectivity index (χ3n) is 6.00. The highest BCUT2D eigenvalue weighted by Gasteiger charge is 2.31. The van der Waals surface area contributed by atoms with Gasteiger partial charge in [0.25, 0.3) is 5.91 Å². The fraction of sp³-hybridized carbons (Fsp3) is 0.667. The molecular formula is C21H34N3O3S+. The summed E-state index contributed by atoms with van der Waals surface area (Å²) in [5, 5.41) is 2.90. The number of amides is 1. The molecule has 0 spiro atoms. The van der Waals surface area contributed by atoms with Crippen molar-refractivity contribution in [1.82, 2.24) is 4.31 Å². The van der Waals surface area contributed by atoms with E-state index < -0.39 is 10.0 Å². The van der Waals surface area contributed by atoms with E-state index in [2.05, 4.69) is 26.1 Å². The van der Waals surface area contributed by atoms with Crippen LogP contribution in [0.4, 0.5) is 5.69 Å². The van der Waals surface area contributed by atoms with E-state index in [-0.39, 0.29) is 5.91 Å². The molecule has 3 rings (SSSR count). The zero-order valence-corrected chi connectivity index (χ0v) is 18.1. The average Bonchev–Trinajstić information content (AvgIpc) is 2.63. The van der Waals surface area contributed by atoms with E-state index >= 15 is 0 Å². The molecule has 0 unspecified atom stereocenters. The number of sulfonamides is 1. The van der Waals surface area contributed by atoms with Crippen LogP contribution in [0.1, 0.15) is 40.0 Å². The van der Waals surface area contributed by atoms with Crippen LogP contribution in [0.2, 0.25) is 0 Å². The van der Waals surface area contributed by atoms with Gasteiger partial charge in [-0.25, -0.2) is 8.42 Å². The minimum absolute atomic E-state index is 0.0150. The predicted octanol–water partition coefficient (Wildman–Crippen LogP) is 1.61. The molecule has 1 amide bonds. The van der Waals surface area contributed by atoms with Gasteiger partial charge in [-0.2, -0.15) is 4.31 Å². The highest BCUT2D eigenvalue weighted by Crippen LogP contribution is 2.27. The first-order chi connectivity index (χ1) is 13.2. The van der Waals surface area contributed by atoms with E-state index in [1.807, 2.05) is 0 Å². The maximum atomic E-state index is 12.9. The van der Waals surface area contributed by atoms with Gasteiger partial charge in [0.15, 0.2) is 6.54 Å². The summed E-state index contributed by atoms with van der Waals surface area (Å²) in [6.45, 7) is 10.2. The molecule has 28 heavy (non-hydrogen) atoms. The molecule has 0 radical (unpaired) electrons. The standard InChI is InChI=1S/C21H33N3O3S/c1-16-8-10-23(11-9-16)15-21(25)22-19-4-6-20(7-5-19)28(26,27)24-13-17(2)12-18(3)14-24/h4-7,16-18H,8-15H2,1-3H3,(H,22,25)/p+1/t17-,18-/m0/s1. The third kappa shape index (κ3) is 5.33. The normalized spacial score (nSPS) is 29.4. The van der Waals surface area contributed by atoms with Crippen molar-refractivity contribution in [2.45, 2.75) is 44.9 Å². The first-order valence-electron chi connectivity index (χ1n) is 10.5. The minimum Gasteiger partial charge on any atom is -0.327 e. The number of carbonyl (C=O) groups is 1. The number of quaternary nitrogens is 1. The molecule has 0 aliphatic carbocycles. The molecule has 2 heterocycles. The van der Waals surface area contributed by atoms with Gasteiger partial charge in [0, 0.05) is 18.8 Å². The van der Waals surface area contributed by atoms with Crippen LogP contribution >= 0.6 is 0 Å². The lowest BCUT2D eigenvalue weighted by molar-refractivity contribution is -0.897. The predicted molar refractivity (Wildman–Crippen MR) is 111 cm³/mol. The molecule has 2 saturated heterocycles. The summed E-state index contributed by atoms with van der Waals surface area (Å²) in [5.41, 5.74) is 0.647. The van der Waals surface area contributed by atoms with Gasteiger partial charge in [-0.05, 0) is 61.3 Å². The quantitative estimate of drug-likeness (QED) is 0.778. The molecule has 0 aromatic heterocycles. The summed E-state index contributed by atoms with van der Waals surface area (Å²) in [7, 11) is -3.48. The topological polar surface area (TPSA) is 70.9 Å². The Morgan fingerprint density at radius 2 is 1.61 bits per heavy atom. The van der Waals surface area contributed by atoms with Crippen LogP contribution in [-0.2, 0) is 14.8 Å². The summed E-state index contributed by atoms with van der Waals surface area (Å²) in [5.74, 6) is 1.49. The van der Waals surface area contributed by atoms with E-state index in [1.165, 1.54) is 17.7 Å². The highest BCUT2D eigenvalue weighted by molar-refractivity contribution is 7.89. The Morgan fingerprint density at radius 1 is 1.04 bits per heavy atom. The number of likely N-dealkylation sites (tertiary alicyclic amines) is 1. The number of hydrogen-bond donors (Lipinski definition) is 2. The lowest BCUT2D eigenvalue weighted by atomic mass is 9.94. The van der Waals surface area contributed by atoms with Crippen LogP contribution in [0, 0.1) is 17.8 Å². The van der Waals surface area contributed by atoms with Gasteiger partial charge in [-0.1, -0.05) is 20.8 Å². The summed E-state index contributed by atoms with van der Waals surface area (Å²) >= 11 is 0. The summed E-state index contributed by atoms with van der Waals surface area (Å²) in [4.78, 5) is 13.9. The Labute approximate surface area is 169 Å². The zero-order valence-electron chi connectivity index (χ0n) is 17.3. The number of carbonyl (C=O) groups excluding carboxylic acids is 1. The number of anilines is 1. The second-order valence-electron chi connectivity index (χ2n) is 8.95. The molecule has 2 N–H and O–H groups in total. The molecule has 156 valence electrons. The monoisotopic (exact) mass is 408 g/mol. The van der Waals surface area contributed by atoms with Gasteiger partial charge in [0.1, 0.15) is 0 Å². The Hall–Kier alpha value is -1.44. The van der Waals surface area contributed by atoms with Gasteiger partial charge in [-0.3, -0.25) is 4.79 Å². The first kappa shape index (κ1) is 21.3. The third-order valence-corrected chi connectivity index (χ3v) is 7.85. The number of nitrogens with zero attached hydrogens (tertiary/aromatic N) is 1. The van der Waals surface area contributed by atoms with Crippen molar-refractivity contribution in [3.05, 3.63) is 24.3 Å². The fourth-order valence-electron chi connectivity index (χ4n) is 4.44. The second kappa shape index (κ2) is 8.93. The smallest absolute Gasteiger partial charge is 0.279 e. The van der Waals surface area contributed by atoms with Gasteiger partial charge >= 0.3 is 0 Å². The summed E-state index contributed by atoms with van der Waals surface area (Å²) < 4.78 is 27.5. The zero-order chi connectivity index (χ0) is 20.3. The minimum atomic E-state index is -3.48. The Balaban J connectivity index is 1.59. The lowest BCUT2D eigenvalue weighted by Crippen LogP contribution is -3.14. The maximum Gasteiger partial charge on any atom is 0.279 e. The molecule has 1 aromatic rings. The van der Waals surface area contributed by atoms with Gasteiger partial charge in [-0.15, -0.1) is 0 Å². The number of hydrogen-bond acceptors (Lipinski definition) is 3. The molecule has 6 nitrogen and oxygen atoms in total. The van der Waals surface area contributed by atoms with Gasteiger partial charge < -0.3 is 10.2 Å². The van der Waals surface area contributed by atoms with Crippen LogP contribution in [-0.4, -0.2) is 51.4 Å². The van der Waals surface area contributed by atoms with E-state index in [4.69, 9.17) is 0 Å². The SMILES string of the molecule is CC1CC[NH+](CC(=O)Nc2ccc(S(=O)(=O)N3C[C@@H](C)C[C@H](C)C3)cc2)CC1. The van der Waals surface area contributed by atoms with Crippen molar-refractivity contribution in [3.8, 4) is 0 Å². The average molecular weight is 409 g/mol. The molecule has 1 aromatic carbocycles. The van der Waals surface area contributed by atoms with E-state index in [1.54, 1.807) is 28.6 Å². The van der Waals surface area contributed by atoms with Crippen LogP contribution in [0.25, 0.3) is 0 Å². The largest absolute Gasteiger partial charge is 0.327 e. The number of piperidine rings is 2. The van der Waals surface area contributed by atoms with E-state index in [0.29, 0.717) is 42.1 Å². The molecule has 2 aliphatic heterocycles. The lowest BCUT2D eigenvalue weighted by Gasteiger charge is -2.34. The van der Waals surface area contributed by atoms with Crippen LogP contribution in [0.5, 0.6) is 0 Å². The van der Waals surface area contributed by atoms with Crippen molar-refractivity contribution in [1.29, 1.82) is 0 Å². The first-order valence-corrected chi connectivity index (χ1v) is 11.9. The van der Waals surface area contributed by atoms with Crippen molar-refractivity contribution >= 4 is 21.6 Å². The molecule has 2 atom stereocenters. The highest BCUT2D eigenvalue weighted by atomic mass is 32.2. The molecule has 0 bridgehead atoms. The van der Waals surface area contributed by atoms with Gasteiger partial charge in [0.05, 0.1) is 18.0 Å². The van der Waals surface area contributed by atoms with Crippen molar-refractivity contribution in [2.75, 3.05) is 38.0 Å². The van der Waals surface area contributed by atoms with Crippen molar-refractivity contribution in [2.24, 2.45) is 17.8 Å². The van der Waals surface area contributed by atoms with E-state index in [9.17, 15) is 13.2 Å². The fourth-order valence-corrected chi connectivity index (χ4v) is 6.12. The molecular weight excluding hydrogens is 374 g/mol. The number of rotatable bonds is 5. The van der Waals surface area contributed by atoms with Crippen molar-refractivity contribution in [3.63, 3.8) is 0 Å². The molecule has 2 aliphatic rings. The Morgan fingerprint density at radius 3 is 2.18 bits per heavy atom. The Bertz CT molecular complexity index is 761. The molecule has 7 heteroatoms. The second-order valence-corrected chi connectivity index (χ2v) is 10.9. The van der Waals surface area contributed by atoms with Gasteiger partial charge in [0.2, 0.25) is 10.0 Å². The van der Waals surface area contributed by atoms with E-state index in [0.717, 1.165) is 25.4 Å². The summed E-state index contributed by atoms with van der Waals surface area (Å²) in [6, 6.07) is 6.58. The maximum absolute atomic E-state index is 12.9. The molecule has 0 saturated carbocycles. The van der Waals surface area contributed by atoms with Crippen LogP contribution < -0.4 is 10.2 Å². The van der Waals surface area contributed by atoms with Crippen LogP contribution in [0.3, 0.4) is 0 Å². The number of nitrogens with one attached hydrogen (secondary N) is 2. The van der Waals surface area contributed by atoms with Crippen LogP contribution in [0.15, 0.2) is 29.2 Å². The molecule has 2 fully saturated rings. The Kier molecular flexibility index (Phi) is 6.78. The summed E-state index contributed by atoms with van der Waals surface area (Å²) in [6.07, 6.45) is 3.40. The number of benzene rings is 1.